The summed E-state index contributed by atoms with van der Waals surface area (Å²) in [5, 5.41) is 30.3. The van der Waals surface area contributed by atoms with Gasteiger partial charge in [0.15, 0.2) is 18.1 Å². The van der Waals surface area contributed by atoms with Gasteiger partial charge < -0.3 is 14.4 Å². The molecule has 1 heterocycles. The molecule has 0 spiro atoms. The average Bonchev–Trinajstić information content (AvgIpc) is 2.90. The van der Waals surface area contributed by atoms with Crippen molar-refractivity contribution in [3.63, 3.8) is 0 Å². The van der Waals surface area contributed by atoms with Crippen LogP contribution in [0.15, 0.2) is 12.1 Å². The van der Waals surface area contributed by atoms with E-state index in [1.165, 1.54) is 0 Å². The van der Waals surface area contributed by atoms with Crippen LogP contribution in [0.25, 0.3) is 0 Å². The average molecular weight is 457 g/mol. The number of ether oxygens (including phenoxy) is 1. The van der Waals surface area contributed by atoms with Gasteiger partial charge >= 0.3 is 5.69 Å². The fraction of sp³-hybridized carbons (Fsp3) is 0.500. The summed E-state index contributed by atoms with van der Waals surface area (Å²) in [6.07, 6.45) is -2.70. The first-order chi connectivity index (χ1) is 14.9. The molecule has 0 aliphatic carbocycles. The summed E-state index contributed by atoms with van der Waals surface area (Å²) in [5.74, 6) is -2.40. The first-order valence-corrected chi connectivity index (χ1v) is 9.11. The number of nitro benzene ring substituents is 1. The summed E-state index contributed by atoms with van der Waals surface area (Å²) >= 11 is 0. The molecule has 1 aromatic carbocycles. The van der Waals surface area contributed by atoms with Gasteiger partial charge in [0.1, 0.15) is 6.61 Å². The third-order valence-electron chi connectivity index (χ3n) is 4.31. The molecule has 1 aliphatic rings. The molecule has 2 amide bonds. The van der Waals surface area contributed by atoms with Crippen LogP contribution < -0.4 is 10.5 Å². The van der Waals surface area contributed by atoms with E-state index >= 15 is 0 Å². The van der Waals surface area contributed by atoms with Gasteiger partial charge in [-0.05, 0) is 12.3 Å². The van der Waals surface area contributed by atoms with Gasteiger partial charge in [-0.1, -0.05) is 13.8 Å². The Morgan fingerprint density at radius 3 is 2.12 bits per heavy atom. The minimum absolute atomic E-state index is 0.0858. The molecular weight excluding hydrogens is 438 g/mol. The maximum atomic E-state index is 12.5. The van der Waals surface area contributed by atoms with Crippen molar-refractivity contribution in [1.29, 1.82) is 0 Å². The zero-order valence-electron chi connectivity index (χ0n) is 16.9. The normalized spacial score (nSPS) is 14.7. The number of nitro groups is 1. The number of nitrogens with two attached hydrogens (primary N) is 1. The lowest BCUT2D eigenvalue weighted by Gasteiger charge is -2.24. The Morgan fingerprint density at radius 2 is 1.62 bits per heavy atom. The smallest absolute Gasteiger partial charge is 0.311 e. The van der Waals surface area contributed by atoms with Crippen LogP contribution >= 0.6 is 0 Å². The lowest BCUT2D eigenvalue weighted by atomic mass is 10.0. The largest absolute Gasteiger partial charge is 0.466 e. The van der Waals surface area contributed by atoms with Gasteiger partial charge in [0.2, 0.25) is 0 Å². The Bertz CT molecular complexity index is 951. The number of nitrogens with zero attached hydrogens (tertiary/aromatic N) is 4. The number of carbonyl (C=O) groups excluding carboxylic acids is 2. The predicted octanol–water partition coefficient (Wildman–Crippen LogP) is 0.686. The number of hydrogen-bond donors (Lipinski definition) is 1. The molecule has 0 radical (unpaired) electrons. The molecule has 2 unspecified atom stereocenters. The number of amides is 2. The molecule has 0 saturated heterocycles. The lowest BCUT2D eigenvalue weighted by Crippen LogP contribution is -2.43. The highest BCUT2D eigenvalue weighted by Crippen LogP contribution is 2.35. The first kappa shape index (κ1) is 24.2. The van der Waals surface area contributed by atoms with E-state index in [-0.39, 0.29) is 23.5 Å². The van der Waals surface area contributed by atoms with Gasteiger partial charge in [0.05, 0.1) is 22.6 Å². The topological polar surface area (TPSA) is 221 Å². The van der Waals surface area contributed by atoms with Crippen molar-refractivity contribution in [2.75, 3.05) is 13.2 Å². The van der Waals surface area contributed by atoms with Gasteiger partial charge in [-0.25, -0.2) is 0 Å². The quantitative estimate of drug-likeness (QED) is 0.198. The van der Waals surface area contributed by atoms with E-state index in [0.29, 0.717) is 4.90 Å². The number of carbonyl (C=O) groups is 2. The second kappa shape index (κ2) is 9.82. The fourth-order valence-corrected chi connectivity index (χ4v) is 2.99. The molecule has 16 nitrogen and oxygen atoms in total. The summed E-state index contributed by atoms with van der Waals surface area (Å²) in [5.41, 5.74) is 4.53. The zero-order chi connectivity index (χ0) is 24.2. The van der Waals surface area contributed by atoms with E-state index in [9.17, 15) is 39.9 Å². The van der Waals surface area contributed by atoms with Crippen molar-refractivity contribution in [1.82, 2.24) is 4.90 Å². The minimum atomic E-state index is -1.52. The number of fused-ring (bicyclic) bond motifs is 1. The van der Waals surface area contributed by atoms with E-state index in [1.807, 2.05) is 0 Å². The van der Waals surface area contributed by atoms with Crippen molar-refractivity contribution in [3.05, 3.63) is 53.6 Å². The van der Waals surface area contributed by atoms with Crippen molar-refractivity contribution in [2.45, 2.75) is 32.6 Å². The molecule has 0 fully saturated rings. The molecule has 2 rings (SSSR count). The van der Waals surface area contributed by atoms with E-state index < -0.39 is 63.8 Å². The van der Waals surface area contributed by atoms with E-state index in [4.69, 9.17) is 10.5 Å². The Hall–Kier alpha value is -4.08. The van der Waals surface area contributed by atoms with Gasteiger partial charge in [-0.2, -0.15) is 0 Å². The van der Waals surface area contributed by atoms with Gasteiger partial charge in [0, 0.05) is 12.1 Å². The molecule has 32 heavy (non-hydrogen) atoms. The van der Waals surface area contributed by atoms with Gasteiger partial charge in [-0.3, -0.25) is 30.3 Å². The van der Waals surface area contributed by atoms with Crippen molar-refractivity contribution < 1.29 is 39.1 Å². The Kier molecular flexibility index (Phi) is 7.42. The number of hydrogen-bond acceptors (Lipinski definition) is 12. The summed E-state index contributed by atoms with van der Waals surface area (Å²) in [4.78, 5) is 65.8. The van der Waals surface area contributed by atoms with Gasteiger partial charge in [0.25, 0.3) is 22.0 Å². The van der Waals surface area contributed by atoms with Gasteiger partial charge in [-0.15, -0.1) is 20.2 Å². The SMILES string of the molecule is CC(C)CC(O[N+](=O)[O-])C(N)Oc1cc2c(cc1[N+](=O)[O-])C(=O)N(CCO[N+](=O)[O-])C2=O. The molecule has 2 atom stereocenters. The molecule has 174 valence electrons. The molecule has 1 aliphatic heterocycles. The van der Waals surface area contributed by atoms with Crippen LogP contribution in [0.1, 0.15) is 41.0 Å². The predicted molar refractivity (Wildman–Crippen MR) is 101 cm³/mol. The number of rotatable bonds is 12. The molecule has 0 saturated carbocycles. The summed E-state index contributed by atoms with van der Waals surface area (Å²) in [6, 6.07) is 1.72. The fourth-order valence-electron chi connectivity index (χ4n) is 2.99. The zero-order valence-corrected chi connectivity index (χ0v) is 16.9. The number of imide groups is 1. The summed E-state index contributed by atoms with van der Waals surface area (Å²) in [6.45, 7) is 2.42. The second-order valence-corrected chi connectivity index (χ2v) is 7.02. The lowest BCUT2D eigenvalue weighted by molar-refractivity contribution is -0.770. The molecule has 0 bridgehead atoms. The highest BCUT2D eigenvalue weighted by Gasteiger charge is 2.39. The Labute approximate surface area is 179 Å². The standard InChI is InChI=1S/C16H19N5O11/c1-8(2)5-13(32-21(28)29)14(17)31-12-7-10-9(6-11(12)19(24)25)15(22)18(16(10)23)3-4-30-20(26)27/h6-8,13-14H,3-5,17H2,1-2H3. The van der Waals surface area contributed by atoms with Crippen LogP contribution in [0, 0.1) is 36.3 Å². The maximum Gasteiger partial charge on any atom is 0.311 e. The van der Waals surface area contributed by atoms with Crippen LogP contribution in [0.2, 0.25) is 0 Å². The van der Waals surface area contributed by atoms with Crippen LogP contribution in [-0.4, -0.2) is 57.3 Å². The van der Waals surface area contributed by atoms with Crippen LogP contribution in [0.3, 0.4) is 0 Å². The maximum absolute atomic E-state index is 12.5. The van der Waals surface area contributed by atoms with Crippen molar-refractivity contribution in [3.8, 4) is 5.75 Å². The van der Waals surface area contributed by atoms with Crippen molar-refractivity contribution in [2.24, 2.45) is 11.7 Å². The third kappa shape index (κ3) is 5.54. The van der Waals surface area contributed by atoms with E-state index in [2.05, 4.69) is 9.68 Å². The van der Waals surface area contributed by atoms with Crippen LogP contribution in [-0.2, 0) is 9.68 Å². The summed E-state index contributed by atoms with van der Waals surface area (Å²) in [7, 11) is 0. The molecule has 2 N–H and O–H groups in total. The molecule has 1 aromatic rings. The highest BCUT2D eigenvalue weighted by molar-refractivity contribution is 6.21. The van der Waals surface area contributed by atoms with Crippen LogP contribution in [0.5, 0.6) is 5.75 Å². The summed E-state index contributed by atoms with van der Waals surface area (Å²) < 4.78 is 5.34. The number of benzene rings is 1. The first-order valence-electron chi connectivity index (χ1n) is 9.11. The van der Waals surface area contributed by atoms with Crippen LogP contribution in [0.4, 0.5) is 5.69 Å². The third-order valence-corrected chi connectivity index (χ3v) is 4.31. The Morgan fingerprint density at radius 1 is 1.03 bits per heavy atom. The molecule has 16 heteroatoms. The van der Waals surface area contributed by atoms with E-state index in [0.717, 1.165) is 12.1 Å². The monoisotopic (exact) mass is 457 g/mol. The molecular formula is C16H19N5O11. The van der Waals surface area contributed by atoms with Crippen molar-refractivity contribution >= 4 is 17.5 Å². The molecule has 0 aromatic heterocycles. The highest BCUT2D eigenvalue weighted by atomic mass is 17.0. The Balaban J connectivity index is 2.34. The van der Waals surface area contributed by atoms with E-state index in [1.54, 1.807) is 13.8 Å². The second-order valence-electron chi connectivity index (χ2n) is 7.02. The minimum Gasteiger partial charge on any atom is -0.466 e.